The first kappa shape index (κ1) is 52.8. The molecule has 1 aromatic carbocycles. The fraction of sp³-hybridized carbons (Fsp3) is 0.479. The van der Waals surface area contributed by atoms with E-state index in [4.69, 9.17) is 23.9 Å². The molecule has 384 valence electrons. The van der Waals surface area contributed by atoms with E-state index in [1.165, 1.54) is 26.8 Å². The molecule has 0 bridgehead atoms. The van der Waals surface area contributed by atoms with Crippen molar-refractivity contribution in [2.75, 3.05) is 112 Å². The molecule has 1 aliphatic carbocycles. The summed E-state index contributed by atoms with van der Waals surface area (Å²) in [5.74, 6) is -0.331. The second kappa shape index (κ2) is 25.4. The molecule has 1 saturated carbocycles. The van der Waals surface area contributed by atoms with Crippen LogP contribution < -0.4 is 31.7 Å². The SMILES string of the molecule is CC(=O)Nc1cc(NCCOCCOCCOCCOCCC(=O)N2CCN(c3ccc(Nc4ncc5c(C)c(C(C)=O)c(=O)n(C6CCCC6)c5n4)nc3)CC2)ccc1C(=O)Nc1nc(C)c([N+](=O)[O-])s1. The maximum atomic E-state index is 13.6. The highest BCUT2D eigenvalue weighted by Crippen LogP contribution is 2.33. The van der Waals surface area contributed by atoms with Gasteiger partial charge < -0.3 is 44.7 Å². The lowest BCUT2D eigenvalue weighted by atomic mass is 10.0. The lowest BCUT2D eigenvalue weighted by Crippen LogP contribution is -2.49. The number of anilines is 6. The predicted octanol–water partition coefficient (Wildman–Crippen LogP) is 5.66. The predicted molar refractivity (Wildman–Crippen MR) is 271 cm³/mol. The Morgan fingerprint density at radius 1 is 0.833 bits per heavy atom. The number of benzene rings is 1. The van der Waals surface area contributed by atoms with Crippen molar-refractivity contribution in [2.45, 2.75) is 65.8 Å². The van der Waals surface area contributed by atoms with Crippen molar-refractivity contribution in [1.29, 1.82) is 0 Å². The number of ketones is 1. The number of ether oxygens (including phenoxy) is 4. The van der Waals surface area contributed by atoms with Gasteiger partial charge in [-0.15, -0.1) is 0 Å². The van der Waals surface area contributed by atoms with Crippen LogP contribution in [0.4, 0.5) is 39.0 Å². The van der Waals surface area contributed by atoms with Crippen LogP contribution in [0.15, 0.2) is 47.5 Å². The van der Waals surface area contributed by atoms with Crippen LogP contribution in [0.5, 0.6) is 0 Å². The van der Waals surface area contributed by atoms with E-state index in [0.29, 0.717) is 120 Å². The van der Waals surface area contributed by atoms with E-state index >= 15 is 0 Å². The van der Waals surface area contributed by atoms with Crippen molar-refractivity contribution in [3.05, 3.63) is 85.6 Å². The number of rotatable bonds is 25. The molecule has 24 heteroatoms. The van der Waals surface area contributed by atoms with Gasteiger partial charge in [0.05, 0.1) is 92.9 Å². The minimum absolute atomic E-state index is 0.0151. The number of carbonyl (C=O) groups is 4. The Balaban J connectivity index is 0.715. The first-order chi connectivity index (χ1) is 34.8. The Morgan fingerprint density at radius 3 is 2.14 bits per heavy atom. The minimum Gasteiger partial charge on any atom is -0.383 e. The summed E-state index contributed by atoms with van der Waals surface area (Å²) in [7, 11) is 0. The molecule has 2 aliphatic rings. The van der Waals surface area contributed by atoms with E-state index in [0.717, 1.165) is 42.7 Å². The molecule has 7 rings (SSSR count). The molecule has 0 atom stereocenters. The third kappa shape index (κ3) is 13.9. The average Bonchev–Trinajstić information content (AvgIpc) is 4.02. The van der Waals surface area contributed by atoms with Gasteiger partial charge in [-0.05, 0) is 80.8 Å². The zero-order valence-corrected chi connectivity index (χ0v) is 41.6. The van der Waals surface area contributed by atoms with Crippen molar-refractivity contribution in [1.82, 2.24) is 29.4 Å². The fourth-order valence-corrected chi connectivity index (χ4v) is 9.33. The molecule has 1 saturated heterocycles. The normalized spacial score (nSPS) is 13.9. The molecule has 0 spiro atoms. The fourth-order valence-electron chi connectivity index (χ4n) is 8.55. The lowest BCUT2D eigenvalue weighted by Gasteiger charge is -2.36. The van der Waals surface area contributed by atoms with Crippen LogP contribution in [-0.2, 0) is 28.5 Å². The molecule has 3 amide bonds. The van der Waals surface area contributed by atoms with E-state index < -0.39 is 10.8 Å². The standard InChI is InChI=1S/C48H60N12O11S/c1-30-38-29-51-47(55-43(38)59(35-7-5-6-8-35)45(65)42(30)32(3)61)54-40-12-10-36(28-50-40)57-15-17-58(18-16-57)41(63)13-19-68-21-23-70-25-26-71-24-22-69-20-14-49-34-9-11-37(39(27-34)53-33(4)62)44(64)56-48-52-31(2)46(72-48)60(66)67/h9-12,27-29,35,49H,5-8,13-26H2,1-4H3,(H,53,62)(H,52,56,64)(H,50,51,54,55). The van der Waals surface area contributed by atoms with Gasteiger partial charge in [-0.3, -0.25) is 44.0 Å². The van der Waals surface area contributed by atoms with E-state index in [1.807, 2.05) is 17.0 Å². The highest BCUT2D eigenvalue weighted by molar-refractivity contribution is 7.19. The molecule has 1 aliphatic heterocycles. The van der Waals surface area contributed by atoms with Crippen LogP contribution in [0.2, 0.25) is 0 Å². The summed E-state index contributed by atoms with van der Waals surface area (Å²) < 4.78 is 24.1. The zero-order valence-electron chi connectivity index (χ0n) is 40.8. The summed E-state index contributed by atoms with van der Waals surface area (Å²) in [6, 6.07) is 8.61. The van der Waals surface area contributed by atoms with E-state index in [-0.39, 0.29) is 68.3 Å². The molecular weight excluding hydrogens is 953 g/mol. The molecule has 5 aromatic rings. The maximum absolute atomic E-state index is 13.6. The van der Waals surface area contributed by atoms with Gasteiger partial charge in [-0.25, -0.2) is 15.0 Å². The molecule has 5 heterocycles. The largest absolute Gasteiger partial charge is 0.383 e. The Kier molecular flexibility index (Phi) is 18.6. The quantitative estimate of drug-likeness (QED) is 0.0238. The smallest absolute Gasteiger partial charge is 0.348 e. The molecule has 72 heavy (non-hydrogen) atoms. The summed E-state index contributed by atoms with van der Waals surface area (Å²) in [5, 5.41) is 23.3. The number of piperazine rings is 1. The monoisotopic (exact) mass is 1010 g/mol. The van der Waals surface area contributed by atoms with Crippen molar-refractivity contribution in [3.63, 3.8) is 0 Å². The number of pyridine rings is 2. The highest BCUT2D eigenvalue weighted by Gasteiger charge is 2.27. The summed E-state index contributed by atoms with van der Waals surface area (Å²) in [5.41, 5.74) is 3.18. The number of fused-ring (bicyclic) bond motifs is 1. The van der Waals surface area contributed by atoms with Gasteiger partial charge in [0.1, 0.15) is 17.2 Å². The Morgan fingerprint density at radius 2 is 1.51 bits per heavy atom. The van der Waals surface area contributed by atoms with Crippen LogP contribution >= 0.6 is 11.3 Å². The molecule has 0 radical (unpaired) electrons. The number of carbonyl (C=O) groups excluding carboxylic acids is 4. The highest BCUT2D eigenvalue weighted by atomic mass is 32.1. The van der Waals surface area contributed by atoms with E-state index in [9.17, 15) is 34.1 Å². The van der Waals surface area contributed by atoms with Gasteiger partial charge in [0, 0.05) is 63.0 Å². The van der Waals surface area contributed by atoms with Gasteiger partial charge >= 0.3 is 5.00 Å². The second-order valence-electron chi connectivity index (χ2n) is 17.2. The summed E-state index contributed by atoms with van der Waals surface area (Å²) in [6.07, 6.45) is 7.48. The first-order valence-corrected chi connectivity index (χ1v) is 24.7. The Bertz CT molecular complexity index is 2790. The van der Waals surface area contributed by atoms with Gasteiger partial charge in [0.2, 0.25) is 17.8 Å². The average molecular weight is 1010 g/mol. The number of nitrogens with zero attached hydrogens (tertiary/aromatic N) is 8. The first-order valence-electron chi connectivity index (χ1n) is 23.9. The van der Waals surface area contributed by atoms with Crippen LogP contribution in [0, 0.1) is 24.0 Å². The molecule has 4 N–H and O–H groups in total. The number of nitro groups is 1. The number of nitrogens with one attached hydrogen (secondary N) is 4. The Labute approximate surface area is 419 Å². The van der Waals surface area contributed by atoms with Crippen LogP contribution in [0.25, 0.3) is 11.0 Å². The molecule has 4 aromatic heterocycles. The number of aromatic nitrogens is 5. The van der Waals surface area contributed by atoms with Gasteiger partial charge in [-0.1, -0.05) is 12.8 Å². The van der Waals surface area contributed by atoms with Gasteiger partial charge in [0.15, 0.2) is 10.9 Å². The lowest BCUT2D eigenvalue weighted by molar-refractivity contribution is -0.380. The molecule has 23 nitrogen and oxygen atoms in total. The van der Waals surface area contributed by atoms with Crippen molar-refractivity contribution in [2.24, 2.45) is 0 Å². The van der Waals surface area contributed by atoms with Crippen molar-refractivity contribution in [3.8, 4) is 0 Å². The van der Waals surface area contributed by atoms with E-state index in [1.54, 1.807) is 36.0 Å². The topological polar surface area (TPSA) is 276 Å². The number of thiazole rings is 1. The zero-order chi connectivity index (χ0) is 51.1. The maximum Gasteiger partial charge on any atom is 0.348 e. The Hall–Kier alpha value is -6.99. The molecule has 2 fully saturated rings. The number of amides is 3. The number of hydrogen-bond acceptors (Lipinski definition) is 19. The summed E-state index contributed by atoms with van der Waals surface area (Å²) >= 11 is 0.750. The third-order valence-corrected chi connectivity index (χ3v) is 13.1. The second-order valence-corrected chi connectivity index (χ2v) is 18.2. The van der Waals surface area contributed by atoms with Gasteiger partial charge in [-0.2, -0.15) is 4.98 Å². The van der Waals surface area contributed by atoms with Gasteiger partial charge in [0.25, 0.3) is 11.5 Å². The number of aryl methyl sites for hydroxylation is 2. The van der Waals surface area contributed by atoms with Crippen LogP contribution in [0.1, 0.15) is 84.0 Å². The van der Waals surface area contributed by atoms with Crippen LogP contribution in [-0.4, -0.2) is 143 Å². The molecule has 0 unspecified atom stereocenters. The van der Waals surface area contributed by atoms with Crippen molar-refractivity contribution >= 4 is 84.8 Å². The summed E-state index contributed by atoms with van der Waals surface area (Å²) in [6.45, 7) is 11.8. The minimum atomic E-state index is -0.578. The van der Waals surface area contributed by atoms with Crippen LogP contribution in [0.3, 0.4) is 0 Å². The van der Waals surface area contributed by atoms with E-state index in [2.05, 4.69) is 41.1 Å². The number of hydrogen-bond donors (Lipinski definition) is 4. The third-order valence-electron chi connectivity index (χ3n) is 12.1. The molecular formula is C48H60N12O11S. The number of Topliss-reactive ketones (excluding diaryl/α,β-unsaturated/α-hetero) is 1. The van der Waals surface area contributed by atoms with Crippen molar-refractivity contribution < 1.29 is 43.0 Å². The summed E-state index contributed by atoms with van der Waals surface area (Å²) in [4.78, 5) is 96.3.